The van der Waals surface area contributed by atoms with E-state index in [-0.39, 0.29) is 22.9 Å². The van der Waals surface area contributed by atoms with Gasteiger partial charge in [0.05, 0.1) is 34.1 Å². The van der Waals surface area contributed by atoms with Gasteiger partial charge in [0.25, 0.3) is 0 Å². The van der Waals surface area contributed by atoms with Crippen molar-refractivity contribution < 1.29 is 45.3 Å². The molecule has 5 atom stereocenters. The first-order valence-corrected chi connectivity index (χ1v) is 12.4. The lowest BCUT2D eigenvalue weighted by Gasteiger charge is -2.41. The molecule has 4 heterocycles. The summed E-state index contributed by atoms with van der Waals surface area (Å²) in [5.74, 6) is -0.550. The van der Waals surface area contributed by atoms with Gasteiger partial charge in [0, 0.05) is 33.1 Å². The van der Waals surface area contributed by atoms with Crippen molar-refractivity contribution in [2.24, 2.45) is 0 Å². The van der Waals surface area contributed by atoms with Gasteiger partial charge in [-0.25, -0.2) is 4.68 Å². The number of aliphatic hydroxyl groups excluding tert-OH is 4. The first-order chi connectivity index (χ1) is 19.3. The number of nitrogens with one attached hydrogen (secondary N) is 2. The number of phenols is 2. The number of hydrogen-bond acceptors (Lipinski definition) is 9. The van der Waals surface area contributed by atoms with Gasteiger partial charge in [-0.15, -0.1) is 0 Å². The molecule has 7 rings (SSSR count). The molecule has 1 aliphatic rings. The molecule has 0 bridgehead atoms. The molecule has 40 heavy (non-hydrogen) atoms. The number of phenolic OH excluding ortho intramolecular Hbond substituents is 2. The van der Waals surface area contributed by atoms with Crippen LogP contribution in [0.15, 0.2) is 42.6 Å². The molecule has 3 aromatic heterocycles. The van der Waals surface area contributed by atoms with Crippen LogP contribution in [0.4, 0.5) is 0 Å². The monoisotopic (exact) mass is 548 g/mol. The first-order valence-electron chi connectivity index (χ1n) is 12.4. The average Bonchev–Trinajstić information content (AvgIpc) is 3.59. The van der Waals surface area contributed by atoms with Crippen LogP contribution in [0.5, 0.6) is 17.4 Å². The van der Waals surface area contributed by atoms with Gasteiger partial charge < -0.3 is 50.0 Å². The molecular formula is C27H24N4O9. The molecular weight excluding hydrogens is 524 g/mol. The zero-order valence-corrected chi connectivity index (χ0v) is 20.6. The number of nitrogens with zero attached hydrogens (tertiary/aromatic N) is 2. The molecule has 13 nitrogen and oxygen atoms in total. The number of carbonyl (C=O) groups is 1. The van der Waals surface area contributed by atoms with E-state index < -0.39 is 37.3 Å². The second kappa shape index (κ2) is 8.48. The summed E-state index contributed by atoms with van der Waals surface area (Å²) in [4.78, 5) is 14.5. The Hall–Kier alpha value is -4.53. The molecule has 0 radical (unpaired) electrons. The topological polar surface area (TPSA) is 206 Å². The number of aliphatic hydroxyl groups is 4. The first kappa shape index (κ1) is 24.5. The molecule has 1 saturated heterocycles. The second-order valence-corrected chi connectivity index (χ2v) is 9.92. The highest BCUT2D eigenvalue weighted by Crippen LogP contribution is 2.50. The number of aromatic hydroxyl groups is 3. The van der Waals surface area contributed by atoms with Crippen LogP contribution in [-0.2, 0) is 9.53 Å². The molecule has 1 fully saturated rings. The Kier molecular flexibility index (Phi) is 5.20. The largest absolute Gasteiger partial charge is 0.506 e. The molecule has 0 aliphatic carbocycles. The maximum Gasteiger partial charge on any atom is 0.226 e. The molecule has 5 unspecified atom stereocenters. The molecule has 6 aromatic rings. The smallest absolute Gasteiger partial charge is 0.226 e. The van der Waals surface area contributed by atoms with E-state index in [9.17, 15) is 40.5 Å². The maximum absolute atomic E-state index is 11.3. The van der Waals surface area contributed by atoms with E-state index in [1.807, 2.05) is 0 Å². The Morgan fingerprint density at radius 3 is 2.30 bits per heavy atom. The van der Waals surface area contributed by atoms with E-state index in [0.717, 1.165) is 4.68 Å². The highest BCUT2D eigenvalue weighted by Gasteiger charge is 2.45. The lowest BCUT2D eigenvalue weighted by Crippen LogP contribution is -2.56. The highest BCUT2D eigenvalue weighted by atomic mass is 16.6. The normalized spacial score (nSPS) is 23.6. The summed E-state index contributed by atoms with van der Waals surface area (Å²) in [7, 11) is 0. The molecule has 9 N–H and O–H groups in total. The van der Waals surface area contributed by atoms with Gasteiger partial charge in [-0.2, -0.15) is 0 Å². The van der Waals surface area contributed by atoms with Gasteiger partial charge in [0.1, 0.15) is 35.9 Å². The zero-order chi connectivity index (χ0) is 28.0. The SMILES string of the molecule is O=CNn1cc2c(c1O)c1c3cccc(O)c3[nH]c1c1c2c2cccc(O)c2n1C1OC(CO)C(O)C(O)C1O. The summed E-state index contributed by atoms with van der Waals surface area (Å²) >= 11 is 0. The quantitative estimate of drug-likeness (QED) is 0.145. The number of aromatic amines is 1. The summed E-state index contributed by atoms with van der Waals surface area (Å²) in [6.07, 6.45) is -5.70. The lowest BCUT2D eigenvalue weighted by atomic mass is 9.98. The maximum atomic E-state index is 11.3. The van der Waals surface area contributed by atoms with Crippen LogP contribution < -0.4 is 5.43 Å². The van der Waals surface area contributed by atoms with Crippen LogP contribution in [0.25, 0.3) is 54.4 Å². The molecule has 3 aromatic carbocycles. The second-order valence-electron chi connectivity index (χ2n) is 9.92. The van der Waals surface area contributed by atoms with Gasteiger partial charge in [-0.3, -0.25) is 10.2 Å². The third-order valence-corrected chi connectivity index (χ3v) is 7.86. The Morgan fingerprint density at radius 1 is 0.850 bits per heavy atom. The molecule has 0 saturated carbocycles. The molecule has 13 heteroatoms. The molecule has 206 valence electrons. The minimum Gasteiger partial charge on any atom is -0.506 e. The van der Waals surface area contributed by atoms with Crippen LogP contribution in [0.3, 0.4) is 0 Å². The Bertz CT molecular complexity index is 1990. The lowest BCUT2D eigenvalue weighted by molar-refractivity contribution is -0.249. The summed E-state index contributed by atoms with van der Waals surface area (Å²) < 4.78 is 8.55. The van der Waals surface area contributed by atoms with Crippen LogP contribution in [0, 0.1) is 0 Å². The van der Waals surface area contributed by atoms with E-state index in [1.165, 1.54) is 22.9 Å². The van der Waals surface area contributed by atoms with E-state index >= 15 is 0 Å². The Morgan fingerprint density at radius 2 is 1.57 bits per heavy atom. The van der Waals surface area contributed by atoms with Crippen molar-refractivity contribution in [3.8, 4) is 17.4 Å². The van der Waals surface area contributed by atoms with Crippen LogP contribution in [-0.4, -0.2) is 87.4 Å². The van der Waals surface area contributed by atoms with E-state index in [2.05, 4.69) is 10.4 Å². The van der Waals surface area contributed by atoms with Crippen molar-refractivity contribution in [1.82, 2.24) is 14.2 Å². The van der Waals surface area contributed by atoms with E-state index in [1.54, 1.807) is 24.3 Å². The summed E-state index contributed by atoms with van der Waals surface area (Å²) in [6.45, 7) is -0.654. The van der Waals surface area contributed by atoms with E-state index in [4.69, 9.17) is 4.74 Å². The number of aromatic nitrogens is 3. The summed E-state index contributed by atoms with van der Waals surface area (Å²) in [5.41, 5.74) is 3.71. The van der Waals surface area contributed by atoms with Crippen molar-refractivity contribution in [3.63, 3.8) is 0 Å². The van der Waals surface area contributed by atoms with Gasteiger partial charge >= 0.3 is 0 Å². The van der Waals surface area contributed by atoms with Crippen LogP contribution in [0.1, 0.15) is 6.23 Å². The number of benzene rings is 3. The summed E-state index contributed by atoms with van der Waals surface area (Å²) in [5, 5.41) is 77.8. The fraction of sp³-hybridized carbons (Fsp3) is 0.222. The average molecular weight is 549 g/mol. The molecule has 1 aliphatic heterocycles. The van der Waals surface area contributed by atoms with Crippen molar-refractivity contribution in [1.29, 1.82) is 0 Å². The number of rotatable bonds is 4. The Labute approximate surface area is 223 Å². The van der Waals surface area contributed by atoms with Gasteiger partial charge in [-0.05, 0) is 12.1 Å². The standard InChI is InChI=1S/C27H24N4O9/c32-8-15-23(36)24(37)25(38)27(40-15)31-21-11(4-2-6-14(21)35)16-12-7-30(28-9-33)26(39)18(12)17-10-3-1-5-13(34)19(10)29-20(17)22(16)31/h1-7,9,15,23-25,27,29,32,34-39H,8H2,(H,28,33). The zero-order valence-electron chi connectivity index (χ0n) is 20.6. The minimum absolute atomic E-state index is 0.0710. The number of carbonyl (C=O) groups excluding carboxylic acids is 1. The number of ether oxygens (including phenoxy) is 1. The number of H-pyrrole nitrogens is 1. The highest BCUT2D eigenvalue weighted by molar-refractivity contribution is 6.37. The van der Waals surface area contributed by atoms with Gasteiger partial charge in [0.2, 0.25) is 12.3 Å². The minimum atomic E-state index is -1.69. The number of fused-ring (bicyclic) bond motifs is 10. The fourth-order valence-corrected chi connectivity index (χ4v) is 6.14. The van der Waals surface area contributed by atoms with Gasteiger partial charge in [-0.1, -0.05) is 24.3 Å². The number of hydrogen-bond donors (Lipinski definition) is 9. The van der Waals surface area contributed by atoms with Crippen molar-refractivity contribution >= 4 is 60.8 Å². The number of amides is 1. The Balaban J connectivity index is 1.75. The van der Waals surface area contributed by atoms with Crippen LogP contribution in [0.2, 0.25) is 0 Å². The van der Waals surface area contributed by atoms with Crippen molar-refractivity contribution in [3.05, 3.63) is 42.6 Å². The summed E-state index contributed by atoms with van der Waals surface area (Å²) in [6, 6.07) is 9.63. The van der Waals surface area contributed by atoms with Crippen LogP contribution >= 0.6 is 0 Å². The molecule has 1 amide bonds. The third kappa shape index (κ3) is 3.00. The third-order valence-electron chi connectivity index (χ3n) is 7.86. The van der Waals surface area contributed by atoms with E-state index in [0.29, 0.717) is 55.3 Å². The molecule has 0 spiro atoms. The van der Waals surface area contributed by atoms with Crippen molar-refractivity contribution in [2.75, 3.05) is 12.0 Å². The fourth-order valence-electron chi connectivity index (χ4n) is 6.14. The number of para-hydroxylation sites is 2. The predicted molar refractivity (Wildman–Crippen MR) is 144 cm³/mol. The predicted octanol–water partition coefficient (Wildman–Crippen LogP) is 1.17. The van der Waals surface area contributed by atoms with Gasteiger partial charge in [0.15, 0.2) is 6.23 Å². The van der Waals surface area contributed by atoms with Crippen molar-refractivity contribution in [2.45, 2.75) is 30.6 Å².